The first-order chi connectivity index (χ1) is 22.8. The molecule has 8 heteroatoms. The predicted octanol–water partition coefficient (Wildman–Crippen LogP) is 6.13. The van der Waals surface area contributed by atoms with E-state index in [-0.39, 0.29) is 0 Å². The molecule has 0 aliphatic carbocycles. The number of likely N-dealkylation sites (tertiary alicyclic amines) is 1. The molecule has 250 valence electrons. The summed E-state index contributed by atoms with van der Waals surface area (Å²) >= 11 is 12.2. The lowest BCUT2D eigenvalue weighted by Crippen LogP contribution is -2.51. The quantitative estimate of drug-likeness (QED) is 0.199. The predicted molar refractivity (Wildman–Crippen MR) is 201 cm³/mol. The summed E-state index contributed by atoms with van der Waals surface area (Å²) in [6.45, 7) is 10.6. The van der Waals surface area contributed by atoms with Crippen LogP contribution in [0.25, 0.3) is 0 Å². The first kappa shape index (κ1) is 33.7. The molecule has 0 radical (unpaired) electrons. The van der Waals surface area contributed by atoms with E-state index in [4.69, 9.17) is 24.4 Å². The fourth-order valence-electron chi connectivity index (χ4n) is 7.85. The molecule has 6 nitrogen and oxygen atoms in total. The van der Waals surface area contributed by atoms with Gasteiger partial charge in [-0.25, -0.2) is 0 Å². The van der Waals surface area contributed by atoms with E-state index >= 15 is 0 Å². The fraction of sp³-hybridized carbons (Fsp3) is 0.487. The van der Waals surface area contributed by atoms with Crippen molar-refractivity contribution in [1.82, 2.24) is 24.9 Å². The monoisotopic (exact) mass is 669 g/mol. The van der Waals surface area contributed by atoms with E-state index < -0.39 is 0 Å². The largest absolute Gasteiger partial charge is 0.508 e. The molecule has 0 spiro atoms. The van der Waals surface area contributed by atoms with Crippen molar-refractivity contribution >= 4 is 34.7 Å². The molecule has 3 heterocycles. The van der Waals surface area contributed by atoms with Gasteiger partial charge in [-0.2, -0.15) is 0 Å². The molecule has 0 amide bonds. The Morgan fingerprint density at radius 2 is 1.47 bits per heavy atom. The second-order valence-corrected chi connectivity index (χ2v) is 14.9. The van der Waals surface area contributed by atoms with Gasteiger partial charge in [-0.1, -0.05) is 86.6 Å². The van der Waals surface area contributed by atoms with E-state index in [1.54, 1.807) is 12.1 Å². The zero-order chi connectivity index (χ0) is 32.8. The zero-order valence-corrected chi connectivity index (χ0v) is 29.6. The Morgan fingerprint density at radius 1 is 0.809 bits per heavy atom. The molecule has 0 saturated carbocycles. The molecule has 1 unspecified atom stereocenters. The van der Waals surface area contributed by atoms with Crippen molar-refractivity contribution < 1.29 is 5.11 Å². The van der Waals surface area contributed by atoms with E-state index in [0.717, 1.165) is 75.2 Å². The highest BCUT2D eigenvalue weighted by molar-refractivity contribution is 7.80. The Bertz CT molecular complexity index is 1450. The summed E-state index contributed by atoms with van der Waals surface area (Å²) < 4.78 is 0. The van der Waals surface area contributed by atoms with Crippen LogP contribution in [0.5, 0.6) is 5.75 Å². The minimum atomic E-state index is 0.298. The summed E-state index contributed by atoms with van der Waals surface area (Å²) in [5.74, 6) is 0.885. The minimum absolute atomic E-state index is 0.298. The van der Waals surface area contributed by atoms with E-state index in [1.165, 1.54) is 29.5 Å². The van der Waals surface area contributed by atoms with Gasteiger partial charge in [-0.3, -0.25) is 4.90 Å². The second kappa shape index (κ2) is 15.8. The molecular weight excluding hydrogens is 619 g/mol. The van der Waals surface area contributed by atoms with Gasteiger partial charge >= 0.3 is 0 Å². The van der Waals surface area contributed by atoms with Crippen molar-refractivity contribution in [1.29, 1.82) is 0 Å². The Labute approximate surface area is 292 Å². The van der Waals surface area contributed by atoms with Crippen LogP contribution in [-0.2, 0) is 19.3 Å². The standard InChI is InChI=1S/C39H51N5OS2/c1-29(2)22-35(26-41-20-9-14-33(41)27-43-34(25-40-38(43)46)23-31-12-7-4-8-13-31)44-28-36(24-32-15-17-37(45)18-16-32)42(39(44)47)21-19-30-10-5-3-6-11-30/h3-8,10-13,15-18,29,33-36,45H,9,14,19-28H2,1-2H3,(H,40,46)/t33?,34-,35-,36-/m0/s1. The van der Waals surface area contributed by atoms with Gasteiger partial charge in [0.1, 0.15) is 5.75 Å². The van der Waals surface area contributed by atoms with E-state index in [2.05, 4.69) is 112 Å². The van der Waals surface area contributed by atoms with E-state index in [9.17, 15) is 5.11 Å². The zero-order valence-electron chi connectivity index (χ0n) is 28.0. The van der Waals surface area contributed by atoms with Gasteiger partial charge in [0.15, 0.2) is 10.2 Å². The van der Waals surface area contributed by atoms with Crippen LogP contribution in [0.4, 0.5) is 0 Å². The second-order valence-electron chi connectivity index (χ2n) is 14.1. The Hall–Kier alpha value is -3.20. The normalized spacial score (nSPS) is 22.4. The maximum atomic E-state index is 9.91. The summed E-state index contributed by atoms with van der Waals surface area (Å²) in [5.41, 5.74) is 3.95. The molecule has 0 aromatic heterocycles. The van der Waals surface area contributed by atoms with Gasteiger partial charge in [0.2, 0.25) is 0 Å². The van der Waals surface area contributed by atoms with Gasteiger partial charge in [0.05, 0.1) is 12.1 Å². The van der Waals surface area contributed by atoms with Crippen LogP contribution >= 0.6 is 24.4 Å². The molecule has 3 saturated heterocycles. The molecule has 6 rings (SSSR count). The summed E-state index contributed by atoms with van der Waals surface area (Å²) in [7, 11) is 0. The molecule has 4 atom stereocenters. The fourth-order valence-corrected chi connectivity index (χ4v) is 8.62. The molecular formula is C39H51N5OS2. The molecule has 3 aromatic rings. The molecule has 3 aliphatic rings. The summed E-state index contributed by atoms with van der Waals surface area (Å²) in [4.78, 5) is 10.3. The smallest absolute Gasteiger partial charge is 0.172 e. The van der Waals surface area contributed by atoms with Crippen molar-refractivity contribution in [3.8, 4) is 5.75 Å². The number of nitrogens with one attached hydrogen (secondary N) is 1. The van der Waals surface area contributed by atoms with Crippen LogP contribution in [0.15, 0.2) is 84.9 Å². The number of phenols is 1. The number of aromatic hydroxyl groups is 1. The number of phenolic OH excluding ortho intramolecular Hbond substituents is 1. The number of nitrogens with zero attached hydrogens (tertiary/aromatic N) is 4. The lowest BCUT2D eigenvalue weighted by Gasteiger charge is -2.38. The van der Waals surface area contributed by atoms with Crippen LogP contribution < -0.4 is 5.32 Å². The van der Waals surface area contributed by atoms with Crippen molar-refractivity contribution in [3.63, 3.8) is 0 Å². The maximum Gasteiger partial charge on any atom is 0.172 e. The lowest BCUT2D eigenvalue weighted by atomic mass is 10.0. The Kier molecular flexibility index (Phi) is 11.3. The SMILES string of the molecule is CC(C)C[C@@H](CN1CCCC1CN1C(=S)NC[C@@H]1Cc1ccccc1)N1C[C@H](Cc2ccc(O)cc2)N(CCc2ccccc2)C1=S. The van der Waals surface area contributed by atoms with Gasteiger partial charge in [0.25, 0.3) is 0 Å². The molecule has 3 aromatic carbocycles. The molecule has 3 fully saturated rings. The third-order valence-corrected chi connectivity index (χ3v) is 11.1. The number of thiocarbonyl (C=S) groups is 2. The average Bonchev–Trinajstić information content (AvgIpc) is 3.75. The third-order valence-electron chi connectivity index (χ3n) is 10.3. The molecule has 0 bridgehead atoms. The summed E-state index contributed by atoms with van der Waals surface area (Å²) in [6.07, 6.45) is 6.45. The maximum absolute atomic E-state index is 9.91. The highest BCUT2D eigenvalue weighted by Gasteiger charge is 2.40. The Balaban J connectivity index is 1.17. The molecule has 2 N–H and O–H groups in total. The van der Waals surface area contributed by atoms with Gasteiger partial charge in [-0.05, 0) is 104 Å². The minimum Gasteiger partial charge on any atom is -0.508 e. The Morgan fingerprint density at radius 3 is 2.17 bits per heavy atom. The number of rotatable bonds is 14. The van der Waals surface area contributed by atoms with Crippen molar-refractivity contribution in [2.75, 3.05) is 39.3 Å². The number of hydrogen-bond acceptors (Lipinski definition) is 4. The topological polar surface area (TPSA) is 45.2 Å². The number of benzene rings is 3. The van der Waals surface area contributed by atoms with Crippen LogP contribution in [0.2, 0.25) is 0 Å². The first-order valence-electron chi connectivity index (χ1n) is 17.6. The van der Waals surface area contributed by atoms with E-state index in [1.807, 2.05) is 0 Å². The van der Waals surface area contributed by atoms with Gasteiger partial charge < -0.3 is 25.1 Å². The summed E-state index contributed by atoms with van der Waals surface area (Å²) in [6, 6.07) is 30.8. The highest BCUT2D eigenvalue weighted by atomic mass is 32.1. The van der Waals surface area contributed by atoms with Crippen LogP contribution in [0.1, 0.15) is 49.8 Å². The van der Waals surface area contributed by atoms with Gasteiger partial charge in [-0.15, -0.1) is 0 Å². The first-order valence-corrected chi connectivity index (χ1v) is 18.4. The molecule has 3 aliphatic heterocycles. The highest BCUT2D eigenvalue weighted by Crippen LogP contribution is 2.29. The van der Waals surface area contributed by atoms with Crippen molar-refractivity contribution in [2.45, 2.75) is 76.5 Å². The van der Waals surface area contributed by atoms with Crippen LogP contribution in [0.3, 0.4) is 0 Å². The average molecular weight is 670 g/mol. The lowest BCUT2D eigenvalue weighted by molar-refractivity contribution is 0.149. The van der Waals surface area contributed by atoms with Crippen LogP contribution in [-0.4, -0.2) is 98.4 Å². The van der Waals surface area contributed by atoms with E-state index in [0.29, 0.717) is 35.8 Å². The number of hydrogen-bond donors (Lipinski definition) is 2. The van der Waals surface area contributed by atoms with Gasteiger partial charge in [0, 0.05) is 44.8 Å². The van der Waals surface area contributed by atoms with Crippen molar-refractivity contribution in [3.05, 3.63) is 102 Å². The summed E-state index contributed by atoms with van der Waals surface area (Å²) in [5, 5.41) is 15.3. The van der Waals surface area contributed by atoms with Crippen molar-refractivity contribution in [2.24, 2.45) is 5.92 Å². The van der Waals surface area contributed by atoms with Crippen LogP contribution in [0, 0.1) is 5.92 Å². The molecule has 47 heavy (non-hydrogen) atoms. The third kappa shape index (κ3) is 8.64.